The van der Waals surface area contributed by atoms with Gasteiger partial charge in [-0.3, -0.25) is 9.98 Å². The summed E-state index contributed by atoms with van der Waals surface area (Å²) in [6.45, 7) is 0. The second-order valence-corrected chi connectivity index (χ2v) is 6.19. The summed E-state index contributed by atoms with van der Waals surface area (Å²) in [6, 6.07) is 20.6. The fourth-order valence-corrected chi connectivity index (χ4v) is 3.29. The smallest absolute Gasteiger partial charge is 0.0763 e. The van der Waals surface area contributed by atoms with E-state index in [-0.39, 0.29) is 0 Å². The Morgan fingerprint density at radius 3 is 2.76 bits per heavy atom. The Hall–Kier alpha value is -3.33. The van der Waals surface area contributed by atoms with E-state index in [0.29, 0.717) is 0 Å². The van der Waals surface area contributed by atoms with Crippen molar-refractivity contribution in [3.63, 3.8) is 0 Å². The molecule has 0 aliphatic carbocycles. The van der Waals surface area contributed by atoms with Crippen molar-refractivity contribution in [2.45, 2.75) is 6.42 Å². The lowest BCUT2D eigenvalue weighted by Crippen LogP contribution is -1.92. The maximum atomic E-state index is 4.82. The molecule has 0 atom stereocenters. The predicted molar refractivity (Wildman–Crippen MR) is 103 cm³/mol. The topological polar surface area (TPSA) is 38.1 Å². The molecule has 1 aliphatic heterocycles. The second-order valence-electron chi connectivity index (χ2n) is 6.19. The Labute approximate surface area is 145 Å². The number of aromatic nitrogens is 2. The summed E-state index contributed by atoms with van der Waals surface area (Å²) in [5.74, 6) is 0. The van der Waals surface area contributed by atoms with E-state index in [9.17, 15) is 0 Å². The molecule has 0 bridgehead atoms. The van der Waals surface area contributed by atoms with E-state index in [1.807, 2.05) is 42.6 Å². The van der Waals surface area contributed by atoms with Crippen molar-refractivity contribution in [3.8, 4) is 0 Å². The molecule has 3 heterocycles. The average molecular weight is 321 g/mol. The number of para-hydroxylation sites is 1. The molecule has 2 aromatic heterocycles. The van der Waals surface area contributed by atoms with Crippen LogP contribution in [0.2, 0.25) is 0 Å². The lowest BCUT2D eigenvalue weighted by molar-refractivity contribution is 1.37. The highest BCUT2D eigenvalue weighted by Crippen LogP contribution is 2.34. The average Bonchev–Trinajstić information content (AvgIpc) is 3.10. The SMILES string of the molecule is C(=C\c1ccc2ccccc2n1)/C1=Nc2c(ccc3ncccc23)C1. The van der Waals surface area contributed by atoms with Gasteiger partial charge in [-0.2, -0.15) is 0 Å². The third-order valence-corrected chi connectivity index (χ3v) is 4.53. The van der Waals surface area contributed by atoms with Crippen LogP contribution in [0.25, 0.3) is 27.9 Å². The largest absolute Gasteiger partial charge is 0.256 e. The second kappa shape index (κ2) is 5.64. The third-order valence-electron chi connectivity index (χ3n) is 4.53. The van der Waals surface area contributed by atoms with Crippen LogP contribution < -0.4 is 0 Å². The van der Waals surface area contributed by atoms with E-state index in [1.165, 1.54) is 5.56 Å². The van der Waals surface area contributed by atoms with Gasteiger partial charge in [-0.25, -0.2) is 4.98 Å². The molecule has 4 aromatic rings. The van der Waals surface area contributed by atoms with Crippen LogP contribution in [0.15, 0.2) is 77.9 Å². The van der Waals surface area contributed by atoms with Crippen LogP contribution in [0.1, 0.15) is 11.3 Å². The Morgan fingerprint density at radius 1 is 0.800 bits per heavy atom. The van der Waals surface area contributed by atoms with Crippen LogP contribution in [0.5, 0.6) is 0 Å². The van der Waals surface area contributed by atoms with E-state index in [2.05, 4.69) is 46.4 Å². The summed E-state index contributed by atoms with van der Waals surface area (Å²) in [6.07, 6.45) is 6.78. The van der Waals surface area contributed by atoms with Crippen molar-refractivity contribution >= 4 is 39.3 Å². The van der Waals surface area contributed by atoms with E-state index >= 15 is 0 Å². The zero-order valence-electron chi connectivity index (χ0n) is 13.6. The van der Waals surface area contributed by atoms with Crippen molar-refractivity contribution in [2.75, 3.05) is 0 Å². The maximum Gasteiger partial charge on any atom is 0.0763 e. The van der Waals surface area contributed by atoms with Gasteiger partial charge in [-0.15, -0.1) is 0 Å². The normalized spacial score (nSPS) is 13.5. The zero-order chi connectivity index (χ0) is 16.6. The van der Waals surface area contributed by atoms with E-state index in [4.69, 9.17) is 4.99 Å². The summed E-state index contributed by atoms with van der Waals surface area (Å²) in [5.41, 5.74) is 6.32. The number of allylic oxidation sites excluding steroid dienone is 1. The van der Waals surface area contributed by atoms with Crippen molar-refractivity contribution in [1.29, 1.82) is 0 Å². The van der Waals surface area contributed by atoms with Crippen LogP contribution in [-0.2, 0) is 6.42 Å². The summed E-state index contributed by atoms with van der Waals surface area (Å²) in [7, 11) is 0. The lowest BCUT2D eigenvalue weighted by atomic mass is 10.1. The summed E-state index contributed by atoms with van der Waals surface area (Å²) < 4.78 is 0. The number of nitrogens with zero attached hydrogens (tertiary/aromatic N) is 3. The van der Waals surface area contributed by atoms with Crippen LogP contribution in [0.4, 0.5) is 5.69 Å². The van der Waals surface area contributed by atoms with Crippen molar-refractivity contribution in [2.24, 2.45) is 4.99 Å². The van der Waals surface area contributed by atoms with Crippen LogP contribution >= 0.6 is 0 Å². The number of hydrogen-bond donors (Lipinski definition) is 0. The highest BCUT2D eigenvalue weighted by Gasteiger charge is 2.15. The molecule has 0 fully saturated rings. The first-order valence-electron chi connectivity index (χ1n) is 8.35. The quantitative estimate of drug-likeness (QED) is 0.513. The van der Waals surface area contributed by atoms with Gasteiger partial charge >= 0.3 is 0 Å². The molecule has 0 spiro atoms. The minimum atomic E-state index is 0.851. The van der Waals surface area contributed by atoms with Crippen molar-refractivity contribution in [3.05, 3.63) is 84.2 Å². The van der Waals surface area contributed by atoms with Crippen LogP contribution in [0.3, 0.4) is 0 Å². The Morgan fingerprint density at radius 2 is 1.76 bits per heavy atom. The Kier molecular flexibility index (Phi) is 3.17. The van der Waals surface area contributed by atoms with Crippen molar-refractivity contribution < 1.29 is 0 Å². The maximum absolute atomic E-state index is 4.82. The van der Waals surface area contributed by atoms with Gasteiger partial charge in [0.15, 0.2) is 0 Å². The molecule has 3 heteroatoms. The fraction of sp³-hybridized carbons (Fsp3) is 0.0455. The fourth-order valence-electron chi connectivity index (χ4n) is 3.29. The number of hydrogen-bond acceptors (Lipinski definition) is 3. The standard InChI is InChI=1S/C22H15N3/c1-2-6-20-15(4-1)7-9-17(24-20)10-11-18-14-16-8-12-21-19(22(16)25-18)5-3-13-23-21/h1-13H,14H2/b11-10+. The number of benzene rings is 2. The van der Waals surface area contributed by atoms with Crippen LogP contribution in [0, 0.1) is 0 Å². The molecule has 25 heavy (non-hydrogen) atoms. The summed E-state index contributed by atoms with van der Waals surface area (Å²) >= 11 is 0. The highest BCUT2D eigenvalue weighted by molar-refractivity contribution is 6.08. The third kappa shape index (κ3) is 2.50. The van der Waals surface area contributed by atoms with Gasteiger partial charge in [0.2, 0.25) is 0 Å². The van der Waals surface area contributed by atoms with Gasteiger partial charge in [-0.05, 0) is 48.0 Å². The first-order valence-corrected chi connectivity index (χ1v) is 8.35. The van der Waals surface area contributed by atoms with Gasteiger partial charge in [0.05, 0.1) is 22.4 Å². The molecule has 1 aliphatic rings. The van der Waals surface area contributed by atoms with Gasteiger partial charge in [0, 0.05) is 29.1 Å². The van der Waals surface area contributed by atoms with Crippen LogP contribution in [-0.4, -0.2) is 15.7 Å². The first-order chi connectivity index (χ1) is 12.4. The zero-order valence-corrected chi connectivity index (χ0v) is 13.6. The number of aliphatic imine (C=N–C) groups is 1. The highest BCUT2D eigenvalue weighted by atomic mass is 14.8. The molecule has 0 amide bonds. The predicted octanol–water partition coefficient (Wildman–Crippen LogP) is 5.13. The van der Waals surface area contributed by atoms with E-state index < -0.39 is 0 Å². The molecule has 0 saturated carbocycles. The van der Waals surface area contributed by atoms with E-state index in [1.54, 1.807) is 0 Å². The monoisotopic (exact) mass is 321 g/mol. The molecule has 3 nitrogen and oxygen atoms in total. The minimum absolute atomic E-state index is 0.851. The lowest BCUT2D eigenvalue weighted by Gasteiger charge is -2.01. The number of rotatable bonds is 2. The number of pyridine rings is 2. The Bertz CT molecular complexity index is 1170. The molecule has 0 radical (unpaired) electrons. The van der Waals surface area contributed by atoms with Gasteiger partial charge < -0.3 is 0 Å². The molecule has 0 unspecified atom stereocenters. The number of fused-ring (bicyclic) bond motifs is 4. The molecule has 2 aromatic carbocycles. The molecular weight excluding hydrogens is 306 g/mol. The summed E-state index contributed by atoms with van der Waals surface area (Å²) in [4.78, 5) is 13.9. The molecular formula is C22H15N3. The van der Waals surface area contributed by atoms with E-state index in [0.717, 1.165) is 45.3 Å². The van der Waals surface area contributed by atoms with Crippen molar-refractivity contribution in [1.82, 2.24) is 9.97 Å². The van der Waals surface area contributed by atoms with Gasteiger partial charge in [-0.1, -0.05) is 30.3 Å². The summed E-state index contributed by atoms with van der Waals surface area (Å²) in [5, 5.41) is 2.27. The Balaban J connectivity index is 1.49. The van der Waals surface area contributed by atoms with Gasteiger partial charge in [0.25, 0.3) is 0 Å². The minimum Gasteiger partial charge on any atom is -0.256 e. The molecule has 118 valence electrons. The molecule has 5 rings (SSSR count). The van der Waals surface area contributed by atoms with Gasteiger partial charge in [0.1, 0.15) is 0 Å². The first kappa shape index (κ1) is 14.1. The molecule has 0 N–H and O–H groups in total. The molecule has 0 saturated heterocycles.